The van der Waals surface area contributed by atoms with E-state index < -0.39 is 26.7 Å². The summed E-state index contributed by atoms with van der Waals surface area (Å²) in [5.74, 6) is -0.680. The van der Waals surface area contributed by atoms with Gasteiger partial charge in [-0.1, -0.05) is 11.6 Å². The number of phenols is 1. The van der Waals surface area contributed by atoms with Gasteiger partial charge in [0, 0.05) is 6.04 Å². The lowest BCUT2D eigenvalue weighted by Crippen LogP contribution is -2.30. The van der Waals surface area contributed by atoms with E-state index in [1.165, 1.54) is 12.1 Å². The molecule has 1 aliphatic rings. The zero-order valence-electron chi connectivity index (χ0n) is 9.68. The number of nitrogens with two attached hydrogens (primary N) is 1. The van der Waals surface area contributed by atoms with Crippen molar-refractivity contribution in [3.63, 3.8) is 0 Å². The Kier molecular flexibility index (Phi) is 3.57. The molecule has 0 spiro atoms. The summed E-state index contributed by atoms with van der Waals surface area (Å²) < 4.78 is 22.6. The standard InChI is InChI=1S/C10H12ClN3O4S/c11-6-3-4-7(8(15)9(6)19(12,17)18)14-10(16)13-5-1-2-5/h3-5,15H,1-2H2,(H2,12,17,18)(H2,13,14,16). The SMILES string of the molecule is NS(=O)(=O)c1c(Cl)ccc(NC(=O)NC2CC2)c1O. The van der Waals surface area contributed by atoms with Crippen molar-refractivity contribution in [3.05, 3.63) is 17.2 Å². The van der Waals surface area contributed by atoms with Gasteiger partial charge in [-0.05, 0) is 25.0 Å². The van der Waals surface area contributed by atoms with E-state index in [1.807, 2.05) is 0 Å². The van der Waals surface area contributed by atoms with Crippen LogP contribution in [0.15, 0.2) is 17.0 Å². The van der Waals surface area contributed by atoms with Crippen LogP contribution in [0.1, 0.15) is 12.8 Å². The Bertz CT molecular complexity index is 628. The number of amides is 2. The second kappa shape index (κ2) is 4.87. The van der Waals surface area contributed by atoms with Gasteiger partial charge in [0.15, 0.2) is 5.75 Å². The summed E-state index contributed by atoms with van der Waals surface area (Å²) in [6.45, 7) is 0. The molecule has 0 saturated heterocycles. The molecule has 1 aromatic carbocycles. The molecule has 2 amide bonds. The quantitative estimate of drug-likeness (QED) is 0.622. The number of rotatable bonds is 3. The van der Waals surface area contributed by atoms with E-state index in [4.69, 9.17) is 16.7 Å². The smallest absolute Gasteiger partial charge is 0.319 e. The number of halogens is 1. The highest BCUT2D eigenvalue weighted by Crippen LogP contribution is 2.36. The summed E-state index contributed by atoms with van der Waals surface area (Å²) in [5, 5.41) is 19.5. The third kappa shape index (κ3) is 3.28. The summed E-state index contributed by atoms with van der Waals surface area (Å²) in [4.78, 5) is 10.9. The van der Waals surface area contributed by atoms with Crippen LogP contribution in [0, 0.1) is 0 Å². The molecule has 0 bridgehead atoms. The van der Waals surface area contributed by atoms with Gasteiger partial charge >= 0.3 is 6.03 Å². The normalized spacial score (nSPS) is 15.1. The van der Waals surface area contributed by atoms with E-state index in [9.17, 15) is 18.3 Å². The molecular formula is C10H12ClN3O4S. The lowest BCUT2D eigenvalue weighted by atomic mass is 10.3. The van der Waals surface area contributed by atoms with Crippen LogP contribution >= 0.6 is 11.6 Å². The highest BCUT2D eigenvalue weighted by atomic mass is 35.5. The molecule has 9 heteroatoms. The Morgan fingerprint density at radius 2 is 2.05 bits per heavy atom. The molecule has 104 valence electrons. The van der Waals surface area contributed by atoms with Crippen molar-refractivity contribution < 1.29 is 18.3 Å². The van der Waals surface area contributed by atoms with Gasteiger partial charge < -0.3 is 15.7 Å². The summed E-state index contributed by atoms with van der Waals surface area (Å²) in [5.41, 5.74) is -0.0772. The second-order valence-corrected chi connectivity index (χ2v) is 6.10. The number of benzene rings is 1. The number of urea groups is 1. The molecule has 5 N–H and O–H groups in total. The van der Waals surface area contributed by atoms with Crippen molar-refractivity contribution in [2.75, 3.05) is 5.32 Å². The molecule has 19 heavy (non-hydrogen) atoms. The predicted octanol–water partition coefficient (Wildman–Crippen LogP) is 0.977. The fourth-order valence-corrected chi connectivity index (χ4v) is 2.68. The molecule has 0 atom stereocenters. The van der Waals surface area contributed by atoms with Gasteiger partial charge in [0.1, 0.15) is 4.90 Å². The molecule has 1 fully saturated rings. The third-order valence-electron chi connectivity index (χ3n) is 2.53. The molecule has 0 unspecified atom stereocenters. The topological polar surface area (TPSA) is 122 Å². The number of phenolic OH excluding ortho intramolecular Hbond substituents is 1. The Hall–Kier alpha value is -1.51. The summed E-state index contributed by atoms with van der Waals surface area (Å²) in [6.07, 6.45) is 1.81. The Labute approximate surface area is 114 Å². The van der Waals surface area contributed by atoms with E-state index in [1.54, 1.807) is 0 Å². The number of hydrogen-bond donors (Lipinski definition) is 4. The fourth-order valence-electron chi connectivity index (χ4n) is 1.49. The summed E-state index contributed by atoms with van der Waals surface area (Å²) >= 11 is 5.67. The Morgan fingerprint density at radius 3 is 2.58 bits per heavy atom. The zero-order valence-corrected chi connectivity index (χ0v) is 11.3. The van der Waals surface area contributed by atoms with Crippen LogP contribution < -0.4 is 15.8 Å². The van der Waals surface area contributed by atoms with Crippen molar-refractivity contribution in [2.45, 2.75) is 23.8 Å². The van der Waals surface area contributed by atoms with Crippen molar-refractivity contribution in [3.8, 4) is 5.75 Å². The van der Waals surface area contributed by atoms with Crippen LogP contribution in [-0.4, -0.2) is 25.6 Å². The van der Waals surface area contributed by atoms with Gasteiger partial charge in [-0.15, -0.1) is 0 Å². The number of primary sulfonamides is 1. The Morgan fingerprint density at radius 1 is 1.42 bits per heavy atom. The fraction of sp³-hybridized carbons (Fsp3) is 0.300. The third-order valence-corrected chi connectivity index (χ3v) is 3.94. The van der Waals surface area contributed by atoms with E-state index >= 15 is 0 Å². The molecule has 2 rings (SSSR count). The van der Waals surface area contributed by atoms with Gasteiger partial charge in [-0.25, -0.2) is 18.4 Å². The number of sulfonamides is 1. The van der Waals surface area contributed by atoms with Gasteiger partial charge in [0.2, 0.25) is 10.0 Å². The average molecular weight is 306 g/mol. The molecule has 0 radical (unpaired) electrons. The van der Waals surface area contributed by atoms with Crippen LogP contribution in [0.2, 0.25) is 5.02 Å². The molecule has 1 saturated carbocycles. The molecule has 0 heterocycles. The lowest BCUT2D eigenvalue weighted by Gasteiger charge is -2.11. The molecule has 0 aromatic heterocycles. The maximum atomic E-state index is 11.5. The van der Waals surface area contributed by atoms with Crippen LogP contribution in [0.5, 0.6) is 5.75 Å². The second-order valence-electron chi connectivity index (χ2n) is 4.19. The number of aromatic hydroxyl groups is 1. The predicted molar refractivity (Wildman–Crippen MR) is 69.7 cm³/mol. The van der Waals surface area contributed by atoms with Gasteiger partial charge in [-0.2, -0.15) is 0 Å². The summed E-state index contributed by atoms with van der Waals surface area (Å²) in [6, 6.07) is 2.12. The minimum atomic E-state index is -4.19. The molecule has 1 aliphatic carbocycles. The molecular weight excluding hydrogens is 294 g/mol. The molecule has 0 aliphatic heterocycles. The average Bonchev–Trinajstić information content (AvgIpc) is 3.04. The highest BCUT2D eigenvalue weighted by Gasteiger charge is 2.25. The first-order valence-electron chi connectivity index (χ1n) is 5.41. The lowest BCUT2D eigenvalue weighted by molar-refractivity contribution is 0.251. The number of carbonyl (C=O) groups excluding carboxylic acids is 1. The first kappa shape index (κ1) is 13.9. The maximum Gasteiger partial charge on any atom is 0.319 e. The minimum absolute atomic E-state index is 0.0772. The maximum absolute atomic E-state index is 11.5. The van der Waals surface area contributed by atoms with E-state index in [0.29, 0.717) is 0 Å². The van der Waals surface area contributed by atoms with Crippen LogP contribution in [0.3, 0.4) is 0 Å². The number of anilines is 1. The van der Waals surface area contributed by atoms with Crippen molar-refractivity contribution in [1.82, 2.24) is 5.32 Å². The van der Waals surface area contributed by atoms with Crippen LogP contribution in [-0.2, 0) is 10.0 Å². The minimum Gasteiger partial charge on any atom is -0.504 e. The van der Waals surface area contributed by atoms with Gasteiger partial charge in [0.25, 0.3) is 0 Å². The van der Waals surface area contributed by atoms with Crippen LogP contribution in [0.25, 0.3) is 0 Å². The van der Waals surface area contributed by atoms with Gasteiger partial charge in [-0.3, -0.25) is 0 Å². The Balaban J connectivity index is 2.28. The van der Waals surface area contributed by atoms with Crippen molar-refractivity contribution in [2.24, 2.45) is 5.14 Å². The molecule has 1 aromatic rings. The number of carbonyl (C=O) groups is 1. The summed E-state index contributed by atoms with van der Waals surface area (Å²) in [7, 11) is -4.19. The first-order valence-corrected chi connectivity index (χ1v) is 7.33. The van der Waals surface area contributed by atoms with Gasteiger partial charge in [0.05, 0.1) is 10.7 Å². The van der Waals surface area contributed by atoms with Crippen molar-refractivity contribution >= 4 is 33.3 Å². The highest BCUT2D eigenvalue weighted by molar-refractivity contribution is 7.89. The first-order chi connectivity index (χ1) is 8.79. The van der Waals surface area contributed by atoms with E-state index in [2.05, 4.69) is 10.6 Å². The number of hydrogen-bond acceptors (Lipinski definition) is 4. The zero-order chi connectivity index (χ0) is 14.2. The van der Waals surface area contributed by atoms with E-state index in [0.717, 1.165) is 12.8 Å². The van der Waals surface area contributed by atoms with Crippen molar-refractivity contribution in [1.29, 1.82) is 0 Å². The van der Waals surface area contributed by atoms with Crippen LogP contribution in [0.4, 0.5) is 10.5 Å². The van der Waals surface area contributed by atoms with E-state index in [-0.39, 0.29) is 16.8 Å². The number of nitrogens with one attached hydrogen (secondary N) is 2. The monoisotopic (exact) mass is 305 g/mol. The largest absolute Gasteiger partial charge is 0.504 e. The molecule has 7 nitrogen and oxygen atoms in total.